The van der Waals surface area contributed by atoms with Crippen molar-refractivity contribution in [1.82, 2.24) is 19.7 Å². The normalized spacial score (nSPS) is 15.1. The molecule has 0 unspecified atom stereocenters. The number of halogens is 1. The standard InChI is InChI=1S/C20H23ClN4S2/c1-13(2)19-22-14(11-26-19)12-27-20-24-23-18(16-9-5-6-10-17(16)21)25(20)15-7-3-4-8-15/h5-6,9-11,13,15H,3-4,7-8,12H2,1-2H3. The van der Waals surface area contributed by atoms with Crippen LogP contribution in [0.5, 0.6) is 0 Å². The summed E-state index contributed by atoms with van der Waals surface area (Å²) in [5.41, 5.74) is 2.08. The monoisotopic (exact) mass is 418 g/mol. The average Bonchev–Trinajstić information content (AvgIpc) is 3.40. The zero-order valence-corrected chi connectivity index (χ0v) is 17.9. The van der Waals surface area contributed by atoms with E-state index in [4.69, 9.17) is 16.6 Å². The van der Waals surface area contributed by atoms with E-state index in [9.17, 15) is 0 Å². The van der Waals surface area contributed by atoms with Crippen LogP contribution in [0, 0.1) is 0 Å². The third-order valence-electron chi connectivity index (χ3n) is 4.88. The Hall–Kier alpha value is -1.37. The Bertz CT molecular complexity index is 912. The maximum absolute atomic E-state index is 6.46. The van der Waals surface area contributed by atoms with Crippen LogP contribution in [0.3, 0.4) is 0 Å². The van der Waals surface area contributed by atoms with E-state index in [-0.39, 0.29) is 0 Å². The summed E-state index contributed by atoms with van der Waals surface area (Å²) in [5, 5.41) is 14.1. The first-order chi connectivity index (χ1) is 13.1. The number of rotatable bonds is 6. The first-order valence-corrected chi connectivity index (χ1v) is 11.6. The van der Waals surface area contributed by atoms with Gasteiger partial charge in [0.05, 0.1) is 15.7 Å². The smallest absolute Gasteiger partial charge is 0.192 e. The Morgan fingerprint density at radius 3 is 2.70 bits per heavy atom. The van der Waals surface area contributed by atoms with Crippen molar-refractivity contribution in [1.29, 1.82) is 0 Å². The Labute approximate surface area is 173 Å². The van der Waals surface area contributed by atoms with Crippen LogP contribution < -0.4 is 0 Å². The summed E-state index contributed by atoms with van der Waals surface area (Å²) in [5.74, 6) is 2.18. The molecule has 0 radical (unpaired) electrons. The molecule has 0 atom stereocenters. The van der Waals surface area contributed by atoms with Gasteiger partial charge < -0.3 is 0 Å². The molecule has 0 N–H and O–H groups in total. The molecule has 0 spiro atoms. The highest BCUT2D eigenvalue weighted by Crippen LogP contribution is 2.38. The Balaban J connectivity index is 1.63. The molecule has 1 aromatic carbocycles. The van der Waals surface area contributed by atoms with Gasteiger partial charge in [-0.2, -0.15) is 0 Å². The van der Waals surface area contributed by atoms with Crippen LogP contribution in [0.2, 0.25) is 5.02 Å². The molecule has 1 aliphatic carbocycles. The van der Waals surface area contributed by atoms with Gasteiger partial charge in [-0.15, -0.1) is 21.5 Å². The molecule has 4 nitrogen and oxygen atoms in total. The van der Waals surface area contributed by atoms with Gasteiger partial charge in [-0.1, -0.05) is 62.2 Å². The molecule has 1 saturated carbocycles. The first-order valence-electron chi connectivity index (χ1n) is 9.40. The van der Waals surface area contributed by atoms with Gasteiger partial charge in [-0.25, -0.2) is 4.98 Å². The molecule has 3 aromatic rings. The van der Waals surface area contributed by atoms with Crippen molar-refractivity contribution in [3.8, 4) is 11.4 Å². The van der Waals surface area contributed by atoms with E-state index in [1.165, 1.54) is 30.7 Å². The molecule has 4 rings (SSSR count). The molecule has 1 fully saturated rings. The molecular weight excluding hydrogens is 396 g/mol. The van der Waals surface area contributed by atoms with E-state index < -0.39 is 0 Å². The zero-order chi connectivity index (χ0) is 18.8. The summed E-state index contributed by atoms with van der Waals surface area (Å²) in [7, 11) is 0. The molecule has 0 amide bonds. The molecule has 7 heteroatoms. The van der Waals surface area contributed by atoms with Crippen molar-refractivity contribution in [2.45, 2.75) is 62.4 Å². The molecule has 142 valence electrons. The van der Waals surface area contributed by atoms with Gasteiger partial charge in [-0.3, -0.25) is 4.57 Å². The van der Waals surface area contributed by atoms with E-state index in [1.54, 1.807) is 23.1 Å². The number of thiazole rings is 1. The lowest BCUT2D eigenvalue weighted by molar-refractivity contribution is 0.485. The summed E-state index contributed by atoms with van der Waals surface area (Å²) in [6.45, 7) is 4.37. The molecule has 27 heavy (non-hydrogen) atoms. The van der Waals surface area contributed by atoms with Gasteiger partial charge in [0.2, 0.25) is 0 Å². The number of thioether (sulfide) groups is 1. The van der Waals surface area contributed by atoms with Crippen molar-refractivity contribution < 1.29 is 0 Å². The fourth-order valence-corrected chi connectivity index (χ4v) is 5.54. The lowest BCUT2D eigenvalue weighted by Gasteiger charge is -2.17. The minimum Gasteiger partial charge on any atom is -0.299 e. The Morgan fingerprint density at radius 1 is 1.22 bits per heavy atom. The first kappa shape index (κ1) is 19.0. The predicted octanol–water partition coefficient (Wildman–Crippen LogP) is 6.59. The fourth-order valence-electron chi connectivity index (χ4n) is 3.49. The van der Waals surface area contributed by atoms with Gasteiger partial charge >= 0.3 is 0 Å². The number of benzene rings is 1. The van der Waals surface area contributed by atoms with Crippen LogP contribution in [0.4, 0.5) is 0 Å². The van der Waals surface area contributed by atoms with E-state index in [2.05, 4.69) is 34.0 Å². The van der Waals surface area contributed by atoms with Crippen LogP contribution in [0.15, 0.2) is 34.8 Å². The summed E-state index contributed by atoms with van der Waals surface area (Å²) >= 11 is 9.92. The Kier molecular flexibility index (Phi) is 5.85. The maximum atomic E-state index is 6.46. The summed E-state index contributed by atoms with van der Waals surface area (Å²) in [6, 6.07) is 8.36. The van der Waals surface area contributed by atoms with Crippen LogP contribution in [-0.4, -0.2) is 19.7 Å². The van der Waals surface area contributed by atoms with E-state index >= 15 is 0 Å². The van der Waals surface area contributed by atoms with Crippen molar-refractivity contribution in [3.63, 3.8) is 0 Å². The number of aromatic nitrogens is 4. The second-order valence-corrected chi connectivity index (χ2v) is 9.45. The molecule has 2 heterocycles. The molecular formula is C20H23ClN4S2. The second-order valence-electron chi connectivity index (χ2n) is 7.21. The lowest BCUT2D eigenvalue weighted by Crippen LogP contribution is -2.08. The molecule has 0 aliphatic heterocycles. The molecule has 0 saturated heterocycles. The van der Waals surface area contributed by atoms with Crippen LogP contribution in [-0.2, 0) is 5.75 Å². The van der Waals surface area contributed by atoms with E-state index in [0.29, 0.717) is 12.0 Å². The molecule has 1 aliphatic rings. The average molecular weight is 419 g/mol. The minimum atomic E-state index is 0.454. The Morgan fingerprint density at radius 2 is 2.00 bits per heavy atom. The van der Waals surface area contributed by atoms with Crippen molar-refractivity contribution in [2.75, 3.05) is 0 Å². The van der Waals surface area contributed by atoms with Gasteiger partial charge in [-0.05, 0) is 25.0 Å². The third-order valence-corrected chi connectivity index (χ3v) is 7.38. The highest BCUT2D eigenvalue weighted by atomic mass is 35.5. The third kappa shape index (κ3) is 4.08. The van der Waals surface area contributed by atoms with E-state index in [0.717, 1.165) is 33.0 Å². The fraction of sp³-hybridized carbons (Fsp3) is 0.450. The largest absolute Gasteiger partial charge is 0.299 e. The maximum Gasteiger partial charge on any atom is 0.192 e. The van der Waals surface area contributed by atoms with Gasteiger partial charge in [0, 0.05) is 28.7 Å². The van der Waals surface area contributed by atoms with Crippen molar-refractivity contribution in [2.24, 2.45) is 0 Å². The zero-order valence-electron chi connectivity index (χ0n) is 15.6. The van der Waals surface area contributed by atoms with Crippen LogP contribution >= 0.6 is 34.7 Å². The second kappa shape index (κ2) is 8.33. The molecule has 0 bridgehead atoms. The highest BCUT2D eigenvalue weighted by Gasteiger charge is 2.25. The number of hydrogen-bond acceptors (Lipinski definition) is 5. The quantitative estimate of drug-likeness (QED) is 0.423. The summed E-state index contributed by atoms with van der Waals surface area (Å²) in [4.78, 5) is 4.75. The summed E-state index contributed by atoms with van der Waals surface area (Å²) in [6.07, 6.45) is 4.88. The SMILES string of the molecule is CC(C)c1nc(CSc2nnc(-c3ccccc3Cl)n2C2CCCC2)cs1. The predicted molar refractivity (Wildman–Crippen MR) is 114 cm³/mol. The molecule has 2 aromatic heterocycles. The highest BCUT2D eigenvalue weighted by molar-refractivity contribution is 7.98. The van der Waals surface area contributed by atoms with Crippen LogP contribution in [0.1, 0.15) is 62.2 Å². The van der Waals surface area contributed by atoms with Crippen molar-refractivity contribution in [3.05, 3.63) is 45.4 Å². The van der Waals surface area contributed by atoms with E-state index in [1.807, 2.05) is 24.3 Å². The van der Waals surface area contributed by atoms with Gasteiger partial charge in [0.1, 0.15) is 0 Å². The summed E-state index contributed by atoms with van der Waals surface area (Å²) < 4.78 is 2.31. The number of hydrogen-bond donors (Lipinski definition) is 0. The van der Waals surface area contributed by atoms with Crippen molar-refractivity contribution >= 4 is 34.7 Å². The minimum absolute atomic E-state index is 0.454. The number of nitrogens with zero attached hydrogens (tertiary/aromatic N) is 4. The van der Waals surface area contributed by atoms with Gasteiger partial charge in [0.25, 0.3) is 0 Å². The lowest BCUT2D eigenvalue weighted by atomic mass is 10.2. The van der Waals surface area contributed by atoms with Crippen LogP contribution in [0.25, 0.3) is 11.4 Å². The van der Waals surface area contributed by atoms with Gasteiger partial charge in [0.15, 0.2) is 11.0 Å². The topological polar surface area (TPSA) is 43.6 Å².